The van der Waals surface area contributed by atoms with Gasteiger partial charge in [0, 0.05) is 10.7 Å². The highest BCUT2D eigenvalue weighted by molar-refractivity contribution is 8.13. The quantitative estimate of drug-likeness (QED) is 0.791. The number of hydrogen-bond acceptors (Lipinski definition) is 2. The van der Waals surface area contributed by atoms with Gasteiger partial charge in [-0.2, -0.15) is 0 Å². The van der Waals surface area contributed by atoms with Crippen LogP contribution in [-0.4, -0.2) is 8.42 Å². The highest BCUT2D eigenvalue weighted by Crippen LogP contribution is 2.23. The minimum atomic E-state index is -3.64. The molecule has 2 rings (SSSR count). The third-order valence-electron chi connectivity index (χ3n) is 2.96. The van der Waals surface area contributed by atoms with Crippen LogP contribution in [0.4, 0.5) is 0 Å². The van der Waals surface area contributed by atoms with Gasteiger partial charge in [0.05, 0.1) is 4.90 Å². The molecule has 0 saturated heterocycles. The first-order valence-electron chi connectivity index (χ1n) is 6.15. The first kappa shape index (κ1) is 14.1. The van der Waals surface area contributed by atoms with Crippen LogP contribution >= 0.6 is 10.7 Å². The van der Waals surface area contributed by atoms with Crippen LogP contribution in [-0.2, 0) is 15.5 Å². The fraction of sp³-hybridized carbons (Fsp3) is 0.200. The van der Waals surface area contributed by atoms with Crippen molar-refractivity contribution in [2.75, 3.05) is 0 Å². The molecule has 0 aliphatic heterocycles. The van der Waals surface area contributed by atoms with Crippen LogP contribution in [0.15, 0.2) is 53.4 Å². The van der Waals surface area contributed by atoms with Gasteiger partial charge in [0.1, 0.15) is 0 Å². The highest BCUT2D eigenvalue weighted by Gasteiger charge is 2.09. The minimum absolute atomic E-state index is 0.125. The van der Waals surface area contributed by atoms with E-state index in [1.807, 2.05) is 0 Å². The zero-order valence-corrected chi connectivity index (χ0v) is 12.2. The van der Waals surface area contributed by atoms with E-state index in [2.05, 4.69) is 31.2 Å². The number of halogens is 1. The molecule has 0 atom stereocenters. The lowest BCUT2D eigenvalue weighted by Crippen LogP contribution is -1.90. The van der Waals surface area contributed by atoms with E-state index in [1.54, 1.807) is 12.1 Å². The van der Waals surface area contributed by atoms with Gasteiger partial charge in [-0.05, 0) is 35.2 Å². The Balaban J connectivity index is 2.27. The van der Waals surface area contributed by atoms with Crippen LogP contribution in [0.5, 0.6) is 0 Å². The van der Waals surface area contributed by atoms with Gasteiger partial charge in [-0.25, -0.2) is 8.42 Å². The van der Waals surface area contributed by atoms with E-state index in [4.69, 9.17) is 10.7 Å². The highest BCUT2D eigenvalue weighted by atomic mass is 35.7. The van der Waals surface area contributed by atoms with Gasteiger partial charge in [-0.1, -0.05) is 49.7 Å². The van der Waals surface area contributed by atoms with Gasteiger partial charge in [-0.3, -0.25) is 0 Å². The fourth-order valence-corrected chi connectivity index (χ4v) is 2.73. The molecule has 2 aromatic carbocycles. The van der Waals surface area contributed by atoms with Gasteiger partial charge in [-0.15, -0.1) is 0 Å². The maximum absolute atomic E-state index is 11.2. The average Bonchev–Trinajstić information content (AvgIpc) is 2.39. The molecule has 0 unspecified atom stereocenters. The molecule has 0 saturated carbocycles. The number of rotatable bonds is 4. The predicted molar refractivity (Wildman–Crippen MR) is 78.9 cm³/mol. The van der Waals surface area contributed by atoms with E-state index >= 15 is 0 Å². The Labute approximate surface area is 118 Å². The Bertz CT molecular complexity index is 644. The van der Waals surface area contributed by atoms with Crippen molar-refractivity contribution in [1.82, 2.24) is 0 Å². The zero-order chi connectivity index (χ0) is 13.9. The van der Waals surface area contributed by atoms with Crippen LogP contribution in [0.2, 0.25) is 0 Å². The molecule has 100 valence electrons. The molecule has 19 heavy (non-hydrogen) atoms. The number of aryl methyl sites for hydroxylation is 1. The first-order valence-corrected chi connectivity index (χ1v) is 8.45. The van der Waals surface area contributed by atoms with Crippen molar-refractivity contribution < 1.29 is 8.42 Å². The Morgan fingerprint density at radius 2 is 1.37 bits per heavy atom. The monoisotopic (exact) mass is 294 g/mol. The summed E-state index contributed by atoms with van der Waals surface area (Å²) in [5.41, 5.74) is 3.36. The normalized spacial score (nSPS) is 11.5. The third kappa shape index (κ3) is 3.58. The van der Waals surface area contributed by atoms with Gasteiger partial charge in [0.15, 0.2) is 0 Å². The topological polar surface area (TPSA) is 34.1 Å². The summed E-state index contributed by atoms with van der Waals surface area (Å²) in [5.74, 6) is 0. The number of hydrogen-bond donors (Lipinski definition) is 0. The minimum Gasteiger partial charge on any atom is -0.207 e. The summed E-state index contributed by atoms with van der Waals surface area (Å²) in [7, 11) is 1.64. The summed E-state index contributed by atoms with van der Waals surface area (Å²) < 4.78 is 22.3. The molecule has 0 fully saturated rings. The lowest BCUT2D eigenvalue weighted by atomic mass is 10.0. The smallest absolute Gasteiger partial charge is 0.207 e. The summed E-state index contributed by atoms with van der Waals surface area (Å²) in [4.78, 5) is 0.125. The van der Waals surface area contributed by atoms with Crippen molar-refractivity contribution in [3.05, 3.63) is 54.1 Å². The largest absolute Gasteiger partial charge is 0.261 e. The molecule has 0 radical (unpaired) electrons. The van der Waals surface area contributed by atoms with Gasteiger partial charge < -0.3 is 0 Å². The zero-order valence-electron chi connectivity index (χ0n) is 10.6. The molecule has 4 heteroatoms. The second-order valence-electron chi connectivity index (χ2n) is 4.41. The van der Waals surface area contributed by atoms with Crippen molar-refractivity contribution in [2.45, 2.75) is 24.7 Å². The van der Waals surface area contributed by atoms with Crippen LogP contribution in [0.1, 0.15) is 18.9 Å². The molecule has 0 bridgehead atoms. The molecule has 0 heterocycles. The molecule has 2 nitrogen and oxygen atoms in total. The average molecular weight is 295 g/mol. The summed E-state index contributed by atoms with van der Waals surface area (Å²) in [6.07, 6.45) is 2.20. The molecule has 0 aliphatic rings. The summed E-state index contributed by atoms with van der Waals surface area (Å²) in [5, 5.41) is 0. The maximum Gasteiger partial charge on any atom is 0.261 e. The van der Waals surface area contributed by atoms with E-state index < -0.39 is 9.05 Å². The van der Waals surface area contributed by atoms with Gasteiger partial charge in [0.25, 0.3) is 9.05 Å². The molecular weight excluding hydrogens is 280 g/mol. The summed E-state index contributed by atoms with van der Waals surface area (Å²) in [6.45, 7) is 2.15. The number of benzene rings is 2. The van der Waals surface area contributed by atoms with Crippen molar-refractivity contribution in [1.29, 1.82) is 0 Å². The van der Waals surface area contributed by atoms with Crippen molar-refractivity contribution in [3.8, 4) is 11.1 Å². The molecular formula is C15H15ClO2S. The van der Waals surface area contributed by atoms with Crippen LogP contribution in [0, 0.1) is 0 Å². The van der Waals surface area contributed by atoms with Crippen molar-refractivity contribution >= 4 is 19.7 Å². The fourth-order valence-electron chi connectivity index (χ4n) is 1.96. The van der Waals surface area contributed by atoms with Crippen LogP contribution < -0.4 is 0 Å². The standard InChI is InChI=1S/C15H15ClO2S/c1-2-3-12-4-6-13(7-5-12)14-8-10-15(11-9-14)19(16,17)18/h4-11H,2-3H2,1H3. The summed E-state index contributed by atoms with van der Waals surface area (Å²) >= 11 is 0. The van der Waals surface area contributed by atoms with Crippen LogP contribution in [0.25, 0.3) is 11.1 Å². The second kappa shape index (κ2) is 5.76. The van der Waals surface area contributed by atoms with Crippen molar-refractivity contribution in [2.24, 2.45) is 0 Å². The van der Waals surface area contributed by atoms with E-state index in [0.717, 1.165) is 24.0 Å². The molecule has 0 N–H and O–H groups in total. The third-order valence-corrected chi connectivity index (χ3v) is 4.33. The van der Waals surface area contributed by atoms with E-state index in [1.165, 1.54) is 17.7 Å². The Hall–Kier alpha value is -1.32. The maximum atomic E-state index is 11.2. The molecule has 0 aromatic heterocycles. The molecule has 2 aromatic rings. The van der Waals surface area contributed by atoms with Crippen molar-refractivity contribution in [3.63, 3.8) is 0 Å². The Morgan fingerprint density at radius 3 is 1.79 bits per heavy atom. The molecule has 0 amide bonds. The molecule has 0 aliphatic carbocycles. The predicted octanol–water partition coefficient (Wildman–Crippen LogP) is 4.23. The Morgan fingerprint density at radius 1 is 0.895 bits per heavy atom. The first-order chi connectivity index (χ1) is 9.00. The second-order valence-corrected chi connectivity index (χ2v) is 6.98. The van der Waals surface area contributed by atoms with Gasteiger partial charge >= 0.3 is 0 Å². The van der Waals surface area contributed by atoms with Gasteiger partial charge in [0.2, 0.25) is 0 Å². The van der Waals surface area contributed by atoms with Crippen LogP contribution in [0.3, 0.4) is 0 Å². The summed E-state index contributed by atoms with van der Waals surface area (Å²) in [6, 6.07) is 14.9. The lowest BCUT2D eigenvalue weighted by Gasteiger charge is -2.04. The lowest BCUT2D eigenvalue weighted by molar-refractivity contribution is 0.609. The molecule has 0 spiro atoms. The Kier molecular flexibility index (Phi) is 4.27. The van der Waals surface area contributed by atoms with E-state index in [0.29, 0.717) is 0 Å². The van der Waals surface area contributed by atoms with E-state index in [-0.39, 0.29) is 4.90 Å². The van der Waals surface area contributed by atoms with E-state index in [9.17, 15) is 8.42 Å². The SMILES string of the molecule is CCCc1ccc(-c2ccc(S(=O)(=O)Cl)cc2)cc1.